The summed E-state index contributed by atoms with van der Waals surface area (Å²) < 4.78 is 0. The van der Waals surface area contributed by atoms with Gasteiger partial charge in [0.15, 0.2) is 0 Å². The van der Waals surface area contributed by atoms with Crippen LogP contribution in [0.3, 0.4) is 0 Å². The summed E-state index contributed by atoms with van der Waals surface area (Å²) in [6, 6.07) is 14.2. The summed E-state index contributed by atoms with van der Waals surface area (Å²) in [7, 11) is 0. The number of para-hydroxylation sites is 1. The molecule has 2 aliphatic heterocycles. The van der Waals surface area contributed by atoms with Crippen molar-refractivity contribution in [1.29, 1.82) is 0 Å². The molecule has 0 bridgehead atoms. The zero-order valence-electron chi connectivity index (χ0n) is 17.9. The molecule has 1 saturated heterocycles. The van der Waals surface area contributed by atoms with E-state index in [4.69, 9.17) is 22.3 Å². The van der Waals surface area contributed by atoms with Crippen LogP contribution in [-0.2, 0) is 0 Å². The van der Waals surface area contributed by atoms with Crippen LogP contribution in [0.25, 0.3) is 6.20 Å². The number of halogens is 1. The molecule has 3 aromatic rings. The Bertz CT molecular complexity index is 1220. The number of rotatable bonds is 4. The van der Waals surface area contributed by atoms with Gasteiger partial charge in [0, 0.05) is 40.6 Å². The largest absolute Gasteiger partial charge is 0.355 e. The number of nitrogens with zero attached hydrogens (tertiary/aromatic N) is 5. The monoisotopic (exact) mass is 464 g/mol. The predicted molar refractivity (Wildman–Crippen MR) is 131 cm³/mol. The van der Waals surface area contributed by atoms with Gasteiger partial charge in [0.1, 0.15) is 17.5 Å². The second kappa shape index (κ2) is 8.73. The lowest BCUT2D eigenvalue weighted by Crippen LogP contribution is -2.48. The van der Waals surface area contributed by atoms with Crippen molar-refractivity contribution >= 4 is 41.1 Å². The van der Waals surface area contributed by atoms with E-state index in [0.29, 0.717) is 11.7 Å². The topological polar surface area (TPSA) is 70.6 Å². The number of hydrogen-bond donors (Lipinski definition) is 1. The Morgan fingerprint density at radius 1 is 1.03 bits per heavy atom. The van der Waals surface area contributed by atoms with E-state index in [1.54, 1.807) is 0 Å². The second-order valence-electron chi connectivity index (χ2n) is 8.50. The van der Waals surface area contributed by atoms with Crippen LogP contribution in [0.15, 0.2) is 69.8 Å². The molecule has 0 aliphatic carbocycles. The molecule has 2 aromatic carbocycles. The van der Waals surface area contributed by atoms with Gasteiger partial charge in [-0.15, -0.1) is 0 Å². The molecular weight excluding hydrogens is 440 g/mol. The van der Waals surface area contributed by atoms with Gasteiger partial charge in [-0.3, -0.25) is 4.99 Å². The van der Waals surface area contributed by atoms with Gasteiger partial charge < -0.3 is 15.5 Å². The third-order valence-electron chi connectivity index (χ3n) is 5.95. The number of piperidine rings is 1. The Hall–Kier alpha value is -2.61. The first-order valence-corrected chi connectivity index (χ1v) is 11.9. The van der Waals surface area contributed by atoms with E-state index in [-0.39, 0.29) is 5.54 Å². The van der Waals surface area contributed by atoms with Crippen LogP contribution in [0.1, 0.15) is 19.8 Å². The van der Waals surface area contributed by atoms with Crippen LogP contribution >= 0.6 is 23.4 Å². The third-order valence-corrected chi connectivity index (χ3v) is 7.45. The highest BCUT2D eigenvalue weighted by molar-refractivity contribution is 7.99. The van der Waals surface area contributed by atoms with Crippen LogP contribution in [-0.4, -0.2) is 35.3 Å². The van der Waals surface area contributed by atoms with Gasteiger partial charge in [0.05, 0.1) is 22.8 Å². The zero-order chi connectivity index (χ0) is 22.1. The summed E-state index contributed by atoms with van der Waals surface area (Å²) in [6.07, 6.45) is 7.64. The van der Waals surface area contributed by atoms with E-state index in [1.807, 2.05) is 42.7 Å². The van der Waals surface area contributed by atoms with E-state index in [9.17, 15) is 0 Å². The average molecular weight is 465 g/mol. The van der Waals surface area contributed by atoms with Gasteiger partial charge in [0.25, 0.3) is 0 Å². The van der Waals surface area contributed by atoms with E-state index in [1.165, 1.54) is 11.8 Å². The molecule has 164 valence electrons. The minimum absolute atomic E-state index is 0.0810. The maximum Gasteiger partial charge on any atom is 0.147 e. The normalized spacial score (nSPS) is 17.3. The summed E-state index contributed by atoms with van der Waals surface area (Å²) in [5.41, 5.74) is 7.25. The predicted octanol–water partition coefficient (Wildman–Crippen LogP) is 3.43. The number of hydrogen-bond acceptors (Lipinski definition) is 7. The van der Waals surface area contributed by atoms with Crippen molar-refractivity contribution in [3.63, 3.8) is 0 Å². The summed E-state index contributed by atoms with van der Waals surface area (Å²) in [6.45, 7) is 4.50. The van der Waals surface area contributed by atoms with Crippen LogP contribution in [0.5, 0.6) is 0 Å². The molecule has 0 atom stereocenters. The third kappa shape index (κ3) is 4.46. The molecule has 3 heterocycles. The van der Waals surface area contributed by atoms with E-state index < -0.39 is 0 Å². The van der Waals surface area contributed by atoms with Gasteiger partial charge in [-0.1, -0.05) is 41.6 Å². The molecule has 0 amide bonds. The van der Waals surface area contributed by atoms with Crippen LogP contribution in [0.4, 0.5) is 11.5 Å². The Morgan fingerprint density at radius 2 is 1.81 bits per heavy atom. The van der Waals surface area contributed by atoms with E-state index in [0.717, 1.165) is 57.9 Å². The lowest BCUT2D eigenvalue weighted by atomic mass is 9.91. The highest BCUT2D eigenvalue weighted by Crippen LogP contribution is 2.30. The van der Waals surface area contributed by atoms with Gasteiger partial charge >= 0.3 is 0 Å². The van der Waals surface area contributed by atoms with Gasteiger partial charge in [0.2, 0.25) is 0 Å². The van der Waals surface area contributed by atoms with E-state index in [2.05, 4.69) is 45.0 Å². The molecule has 1 fully saturated rings. The fourth-order valence-electron chi connectivity index (χ4n) is 3.91. The minimum Gasteiger partial charge on any atom is -0.355 e. The van der Waals surface area contributed by atoms with Crippen molar-refractivity contribution in [2.45, 2.75) is 35.2 Å². The lowest BCUT2D eigenvalue weighted by Gasteiger charge is -2.37. The molecule has 32 heavy (non-hydrogen) atoms. The van der Waals surface area contributed by atoms with Gasteiger partial charge in [-0.25, -0.2) is 9.97 Å². The zero-order valence-corrected chi connectivity index (χ0v) is 19.5. The summed E-state index contributed by atoms with van der Waals surface area (Å²) >= 11 is 8.32. The van der Waals surface area contributed by atoms with Crippen molar-refractivity contribution < 1.29 is 0 Å². The Balaban J connectivity index is 1.36. The average Bonchev–Trinajstić information content (AvgIpc) is 2.82. The standard InChI is InChI=1S/C24H25ClN6S/c1-24(26)9-11-30(12-10-24)21-13-28-22(14-27-21)32-20-8-7-19-18(23(20)25)15-31(16-29-19)17-5-3-2-4-6-17/h2-8,13-15H,9-12,16,26H2,1H3. The Kier molecular flexibility index (Phi) is 5.80. The SMILES string of the molecule is CC1(N)CCN(c2cnc(Sc3ccc4c(c3Cl)=CN(c3ccccc3)CN=4)cn2)CC1. The van der Waals surface area contributed by atoms with Crippen molar-refractivity contribution in [3.05, 3.63) is 70.5 Å². The van der Waals surface area contributed by atoms with E-state index >= 15 is 0 Å². The molecule has 0 radical (unpaired) electrons. The molecular formula is C24H25ClN6S. The van der Waals surface area contributed by atoms with Gasteiger partial charge in [-0.2, -0.15) is 0 Å². The van der Waals surface area contributed by atoms with Crippen molar-refractivity contribution in [2.24, 2.45) is 10.7 Å². The fraction of sp³-hybridized carbons (Fsp3) is 0.292. The first-order chi connectivity index (χ1) is 15.5. The van der Waals surface area contributed by atoms with Crippen LogP contribution < -0.4 is 26.1 Å². The van der Waals surface area contributed by atoms with Crippen LogP contribution in [0.2, 0.25) is 5.02 Å². The number of nitrogens with two attached hydrogens (primary N) is 1. The smallest absolute Gasteiger partial charge is 0.147 e. The fourth-order valence-corrected chi connectivity index (χ4v) is 5.01. The van der Waals surface area contributed by atoms with Crippen molar-refractivity contribution in [1.82, 2.24) is 9.97 Å². The first-order valence-electron chi connectivity index (χ1n) is 10.7. The molecule has 0 unspecified atom stereocenters. The maximum absolute atomic E-state index is 6.80. The van der Waals surface area contributed by atoms with Crippen molar-refractivity contribution in [3.8, 4) is 0 Å². The summed E-state index contributed by atoms with van der Waals surface area (Å²) in [5, 5.41) is 3.32. The minimum atomic E-state index is -0.0810. The molecule has 2 N–H and O–H groups in total. The summed E-state index contributed by atoms with van der Waals surface area (Å²) in [5.74, 6) is 0.895. The van der Waals surface area contributed by atoms with Crippen LogP contribution in [0, 0.1) is 0 Å². The summed E-state index contributed by atoms with van der Waals surface area (Å²) in [4.78, 5) is 19.2. The number of anilines is 2. The molecule has 5 rings (SSSR count). The number of benzene rings is 2. The molecule has 8 heteroatoms. The maximum atomic E-state index is 6.80. The van der Waals surface area contributed by atoms with Crippen molar-refractivity contribution in [2.75, 3.05) is 29.6 Å². The highest BCUT2D eigenvalue weighted by Gasteiger charge is 2.26. The quantitative estimate of drug-likeness (QED) is 0.637. The molecule has 1 aromatic heterocycles. The lowest BCUT2D eigenvalue weighted by molar-refractivity contribution is 0.363. The Morgan fingerprint density at radius 3 is 2.53 bits per heavy atom. The Labute approximate surface area is 196 Å². The molecule has 2 aliphatic rings. The highest BCUT2D eigenvalue weighted by atomic mass is 35.5. The second-order valence-corrected chi connectivity index (χ2v) is 9.94. The first kappa shape index (κ1) is 21.2. The molecule has 6 nitrogen and oxygen atoms in total. The number of fused-ring (bicyclic) bond motifs is 1. The molecule has 0 saturated carbocycles. The number of aromatic nitrogens is 2. The van der Waals surface area contributed by atoms with Gasteiger partial charge in [-0.05, 0) is 44.0 Å². The molecule has 0 spiro atoms.